The summed E-state index contributed by atoms with van der Waals surface area (Å²) in [6.07, 6.45) is 3.97. The van der Waals surface area contributed by atoms with E-state index < -0.39 is 28.5 Å². The second-order valence-electron chi connectivity index (χ2n) is 10.8. The number of rotatable bonds is 10. The molecule has 0 aromatic heterocycles. The molecule has 1 saturated carbocycles. The summed E-state index contributed by atoms with van der Waals surface area (Å²) in [4.78, 5) is 29.1. The first-order chi connectivity index (χ1) is 19.5. The SMILES string of the molecule is Cc1ccc(S(=O)(=O)N(CC(=O)N(Cc2ccccc2C)[C@H](C)C(=O)NC2CCCC2)c2cccc(Cl)c2C)cc1. The van der Waals surface area contributed by atoms with Crippen molar-refractivity contribution in [3.05, 3.63) is 94.0 Å². The molecule has 2 amide bonds. The average molecular weight is 596 g/mol. The zero-order valence-corrected chi connectivity index (χ0v) is 25.6. The number of nitrogens with zero attached hydrogens (tertiary/aromatic N) is 2. The Morgan fingerprint density at radius 1 is 0.951 bits per heavy atom. The molecule has 3 aromatic rings. The summed E-state index contributed by atoms with van der Waals surface area (Å²) in [6, 6.07) is 18.4. The van der Waals surface area contributed by atoms with Crippen molar-refractivity contribution in [3.63, 3.8) is 0 Å². The van der Waals surface area contributed by atoms with Crippen LogP contribution in [0.4, 0.5) is 5.69 Å². The van der Waals surface area contributed by atoms with E-state index in [0.29, 0.717) is 16.3 Å². The van der Waals surface area contributed by atoms with Crippen molar-refractivity contribution < 1.29 is 18.0 Å². The summed E-state index contributed by atoms with van der Waals surface area (Å²) in [7, 11) is -4.16. The van der Waals surface area contributed by atoms with Gasteiger partial charge in [-0.1, -0.05) is 72.5 Å². The Kier molecular flexibility index (Phi) is 9.76. The lowest BCUT2D eigenvalue weighted by atomic mass is 10.1. The van der Waals surface area contributed by atoms with Crippen LogP contribution in [-0.2, 0) is 26.2 Å². The predicted octanol–water partition coefficient (Wildman–Crippen LogP) is 5.94. The molecule has 0 heterocycles. The van der Waals surface area contributed by atoms with Crippen LogP contribution < -0.4 is 9.62 Å². The lowest BCUT2D eigenvalue weighted by Crippen LogP contribution is -2.52. The van der Waals surface area contributed by atoms with Crippen LogP contribution in [0.25, 0.3) is 0 Å². The molecule has 0 unspecified atom stereocenters. The van der Waals surface area contributed by atoms with Crippen molar-refractivity contribution in [3.8, 4) is 0 Å². The molecule has 1 atom stereocenters. The fourth-order valence-electron chi connectivity index (χ4n) is 5.16. The predicted molar refractivity (Wildman–Crippen MR) is 163 cm³/mol. The Morgan fingerprint density at radius 3 is 2.27 bits per heavy atom. The standard InChI is InChI=1S/C32H38ClN3O4S/c1-22-16-18-28(19-17-22)41(39,40)36(30-15-9-14-29(33)24(30)3)21-31(37)35(20-26-11-6-5-10-23(26)2)25(4)32(38)34-27-12-7-8-13-27/h5-6,9-11,14-19,25,27H,7-8,12-13,20-21H2,1-4H3,(H,34,38)/t25-/m1/s1. The van der Waals surface area contributed by atoms with Gasteiger partial charge < -0.3 is 10.2 Å². The molecule has 1 N–H and O–H groups in total. The molecule has 4 rings (SSSR count). The molecule has 0 radical (unpaired) electrons. The number of benzene rings is 3. The second kappa shape index (κ2) is 13.1. The van der Waals surface area contributed by atoms with Gasteiger partial charge in [0.05, 0.1) is 10.6 Å². The van der Waals surface area contributed by atoms with Crippen molar-refractivity contribution in [2.24, 2.45) is 0 Å². The normalized spacial score (nSPS) is 14.5. The molecular formula is C32H38ClN3O4S. The molecule has 1 aliphatic carbocycles. The maximum absolute atomic E-state index is 14.2. The topological polar surface area (TPSA) is 86.8 Å². The third-order valence-corrected chi connectivity index (χ3v) is 10.0. The van der Waals surface area contributed by atoms with E-state index in [0.717, 1.165) is 46.7 Å². The van der Waals surface area contributed by atoms with E-state index in [1.165, 1.54) is 17.0 Å². The van der Waals surface area contributed by atoms with Crippen molar-refractivity contribution in [2.45, 2.75) is 76.9 Å². The second-order valence-corrected chi connectivity index (χ2v) is 13.1. The Labute approximate surface area is 248 Å². The average Bonchev–Trinajstić information content (AvgIpc) is 3.45. The van der Waals surface area contributed by atoms with Crippen LogP contribution in [0.2, 0.25) is 5.02 Å². The van der Waals surface area contributed by atoms with E-state index in [1.54, 1.807) is 44.2 Å². The first kappa shape index (κ1) is 30.6. The maximum atomic E-state index is 14.2. The molecular weight excluding hydrogens is 558 g/mol. The fraction of sp³-hybridized carbons (Fsp3) is 0.375. The van der Waals surface area contributed by atoms with Crippen molar-refractivity contribution in [2.75, 3.05) is 10.8 Å². The summed E-state index contributed by atoms with van der Waals surface area (Å²) in [5.41, 5.74) is 3.62. The Balaban J connectivity index is 1.73. The number of hydrogen-bond donors (Lipinski definition) is 1. The van der Waals surface area contributed by atoms with Gasteiger partial charge in [0, 0.05) is 17.6 Å². The van der Waals surface area contributed by atoms with Gasteiger partial charge in [0.1, 0.15) is 12.6 Å². The minimum Gasteiger partial charge on any atom is -0.352 e. The Bertz CT molecular complexity index is 1500. The van der Waals surface area contributed by atoms with Crippen LogP contribution in [0.5, 0.6) is 0 Å². The van der Waals surface area contributed by atoms with Crippen LogP contribution in [0.3, 0.4) is 0 Å². The van der Waals surface area contributed by atoms with Gasteiger partial charge in [-0.25, -0.2) is 8.42 Å². The van der Waals surface area contributed by atoms with Gasteiger partial charge >= 0.3 is 0 Å². The highest BCUT2D eigenvalue weighted by molar-refractivity contribution is 7.92. The van der Waals surface area contributed by atoms with E-state index in [-0.39, 0.29) is 23.4 Å². The zero-order valence-electron chi connectivity index (χ0n) is 24.1. The molecule has 1 aliphatic rings. The van der Waals surface area contributed by atoms with Gasteiger partial charge in [-0.05, 0) is 81.5 Å². The number of amides is 2. The summed E-state index contributed by atoms with van der Waals surface area (Å²) in [5.74, 6) is -0.733. The summed E-state index contributed by atoms with van der Waals surface area (Å²) in [5, 5.41) is 3.48. The molecule has 3 aromatic carbocycles. The first-order valence-corrected chi connectivity index (χ1v) is 15.8. The van der Waals surface area contributed by atoms with Crippen molar-refractivity contribution >= 4 is 39.1 Å². The summed E-state index contributed by atoms with van der Waals surface area (Å²) >= 11 is 6.40. The van der Waals surface area contributed by atoms with Gasteiger partial charge in [-0.3, -0.25) is 13.9 Å². The first-order valence-electron chi connectivity index (χ1n) is 14.0. The number of nitrogens with one attached hydrogen (secondary N) is 1. The van der Waals surface area contributed by atoms with Gasteiger partial charge in [0.2, 0.25) is 11.8 Å². The number of sulfonamides is 1. The zero-order chi connectivity index (χ0) is 29.7. The van der Waals surface area contributed by atoms with Gasteiger partial charge in [-0.15, -0.1) is 0 Å². The van der Waals surface area contributed by atoms with Crippen LogP contribution in [-0.4, -0.2) is 43.8 Å². The fourth-order valence-corrected chi connectivity index (χ4v) is 6.80. The van der Waals surface area contributed by atoms with Gasteiger partial charge in [0.25, 0.3) is 10.0 Å². The van der Waals surface area contributed by atoms with E-state index in [4.69, 9.17) is 11.6 Å². The van der Waals surface area contributed by atoms with E-state index in [9.17, 15) is 18.0 Å². The number of carbonyl (C=O) groups is 2. The van der Waals surface area contributed by atoms with Crippen molar-refractivity contribution in [1.29, 1.82) is 0 Å². The highest BCUT2D eigenvalue weighted by Gasteiger charge is 2.34. The largest absolute Gasteiger partial charge is 0.352 e. The third-order valence-electron chi connectivity index (χ3n) is 7.87. The smallest absolute Gasteiger partial charge is 0.264 e. The molecule has 218 valence electrons. The maximum Gasteiger partial charge on any atom is 0.264 e. The van der Waals surface area contributed by atoms with Crippen LogP contribution in [0.1, 0.15) is 54.9 Å². The summed E-state index contributed by atoms with van der Waals surface area (Å²) < 4.78 is 29.2. The molecule has 0 bridgehead atoms. The monoisotopic (exact) mass is 595 g/mol. The van der Waals surface area contributed by atoms with Crippen LogP contribution in [0, 0.1) is 20.8 Å². The number of carbonyl (C=O) groups excluding carboxylic acids is 2. The number of aryl methyl sites for hydroxylation is 2. The summed E-state index contributed by atoms with van der Waals surface area (Å²) in [6.45, 7) is 6.92. The minimum atomic E-state index is -4.16. The number of halogens is 1. The number of hydrogen-bond acceptors (Lipinski definition) is 4. The lowest BCUT2D eigenvalue weighted by Gasteiger charge is -2.33. The van der Waals surface area contributed by atoms with Crippen LogP contribution in [0.15, 0.2) is 71.6 Å². The molecule has 0 saturated heterocycles. The molecule has 9 heteroatoms. The van der Waals surface area contributed by atoms with Gasteiger partial charge in [0.15, 0.2) is 0 Å². The highest BCUT2D eigenvalue weighted by Crippen LogP contribution is 2.31. The van der Waals surface area contributed by atoms with E-state index in [1.807, 2.05) is 38.1 Å². The lowest BCUT2D eigenvalue weighted by molar-refractivity contribution is -0.139. The molecule has 7 nitrogen and oxygen atoms in total. The Hall–Kier alpha value is -3.36. The van der Waals surface area contributed by atoms with E-state index in [2.05, 4.69) is 5.32 Å². The molecule has 0 spiro atoms. The highest BCUT2D eigenvalue weighted by atomic mass is 35.5. The molecule has 0 aliphatic heterocycles. The number of anilines is 1. The van der Waals surface area contributed by atoms with Crippen LogP contribution >= 0.6 is 11.6 Å². The Morgan fingerprint density at radius 2 is 1.61 bits per heavy atom. The van der Waals surface area contributed by atoms with Gasteiger partial charge in [-0.2, -0.15) is 0 Å². The van der Waals surface area contributed by atoms with Crippen molar-refractivity contribution in [1.82, 2.24) is 10.2 Å². The molecule has 41 heavy (non-hydrogen) atoms. The molecule has 1 fully saturated rings. The van der Waals surface area contributed by atoms with E-state index >= 15 is 0 Å². The quantitative estimate of drug-likeness (QED) is 0.314. The minimum absolute atomic E-state index is 0.0627. The third kappa shape index (κ3) is 7.11.